The van der Waals surface area contributed by atoms with Crippen molar-refractivity contribution in [1.29, 1.82) is 0 Å². The zero-order valence-corrected chi connectivity index (χ0v) is 14.0. The second-order valence-corrected chi connectivity index (χ2v) is 5.84. The van der Waals surface area contributed by atoms with Crippen LogP contribution < -0.4 is 14.8 Å². The van der Waals surface area contributed by atoms with Crippen molar-refractivity contribution in [1.82, 2.24) is 5.32 Å². The molecule has 0 bridgehead atoms. The lowest BCUT2D eigenvalue weighted by atomic mass is 10.00. The first-order valence-corrected chi connectivity index (χ1v) is 8.49. The predicted molar refractivity (Wildman–Crippen MR) is 93.4 cm³/mol. The van der Waals surface area contributed by atoms with Gasteiger partial charge in [-0.2, -0.15) is 0 Å². The maximum absolute atomic E-state index is 12.4. The van der Waals surface area contributed by atoms with Gasteiger partial charge in [-0.3, -0.25) is 4.79 Å². The van der Waals surface area contributed by atoms with Crippen LogP contribution >= 0.6 is 0 Å². The van der Waals surface area contributed by atoms with Gasteiger partial charge in [-0.1, -0.05) is 36.4 Å². The Bertz CT molecular complexity index is 699. The van der Waals surface area contributed by atoms with Gasteiger partial charge in [0.25, 0.3) is 0 Å². The SMILES string of the molecule is CCOc1ccccc1CCC(=O)N[C@@H]1CCOc2ccccc21. The minimum absolute atomic E-state index is 0.0320. The summed E-state index contributed by atoms with van der Waals surface area (Å²) < 4.78 is 11.3. The third-order valence-corrected chi connectivity index (χ3v) is 4.19. The van der Waals surface area contributed by atoms with Crippen LogP contribution in [0.3, 0.4) is 0 Å². The maximum atomic E-state index is 12.4. The van der Waals surface area contributed by atoms with Crippen LogP contribution in [0, 0.1) is 0 Å². The number of aryl methyl sites for hydroxylation is 1. The van der Waals surface area contributed by atoms with E-state index in [1.165, 1.54) is 0 Å². The summed E-state index contributed by atoms with van der Waals surface area (Å²) in [6.07, 6.45) is 1.93. The molecule has 24 heavy (non-hydrogen) atoms. The molecular weight excluding hydrogens is 302 g/mol. The van der Waals surface area contributed by atoms with Gasteiger partial charge in [0.1, 0.15) is 11.5 Å². The Labute approximate surface area is 142 Å². The third-order valence-electron chi connectivity index (χ3n) is 4.19. The highest BCUT2D eigenvalue weighted by Gasteiger charge is 2.22. The van der Waals surface area contributed by atoms with Crippen LogP contribution in [-0.4, -0.2) is 19.1 Å². The van der Waals surface area contributed by atoms with E-state index in [0.29, 0.717) is 26.1 Å². The molecule has 1 aliphatic rings. The molecule has 4 heteroatoms. The number of carbonyl (C=O) groups excluding carboxylic acids is 1. The number of hydrogen-bond acceptors (Lipinski definition) is 3. The molecule has 0 fully saturated rings. The summed E-state index contributed by atoms with van der Waals surface area (Å²) >= 11 is 0. The lowest BCUT2D eigenvalue weighted by Crippen LogP contribution is -2.32. The maximum Gasteiger partial charge on any atom is 0.220 e. The Morgan fingerprint density at radius 3 is 2.88 bits per heavy atom. The summed E-state index contributed by atoms with van der Waals surface area (Å²) in [4.78, 5) is 12.4. The fourth-order valence-electron chi connectivity index (χ4n) is 3.01. The molecule has 1 aliphatic heterocycles. The van der Waals surface area contributed by atoms with Gasteiger partial charge in [0, 0.05) is 18.4 Å². The van der Waals surface area contributed by atoms with Gasteiger partial charge in [-0.25, -0.2) is 0 Å². The Morgan fingerprint density at radius 2 is 2.00 bits per heavy atom. The summed E-state index contributed by atoms with van der Waals surface area (Å²) in [5, 5.41) is 3.14. The smallest absolute Gasteiger partial charge is 0.220 e. The van der Waals surface area contributed by atoms with E-state index in [9.17, 15) is 4.79 Å². The summed E-state index contributed by atoms with van der Waals surface area (Å²) in [5.41, 5.74) is 2.13. The Hall–Kier alpha value is -2.49. The zero-order valence-electron chi connectivity index (χ0n) is 14.0. The predicted octanol–water partition coefficient (Wildman–Crippen LogP) is 3.66. The third kappa shape index (κ3) is 3.88. The van der Waals surface area contributed by atoms with E-state index in [1.807, 2.05) is 55.5 Å². The highest BCUT2D eigenvalue weighted by atomic mass is 16.5. The van der Waals surface area contributed by atoms with E-state index in [0.717, 1.165) is 29.0 Å². The van der Waals surface area contributed by atoms with Crippen LogP contribution in [0.1, 0.15) is 36.9 Å². The average molecular weight is 325 g/mol. The second-order valence-electron chi connectivity index (χ2n) is 5.84. The van der Waals surface area contributed by atoms with Crippen LogP contribution in [0.4, 0.5) is 0 Å². The second kappa shape index (κ2) is 7.86. The monoisotopic (exact) mass is 325 g/mol. The molecule has 0 radical (unpaired) electrons. The van der Waals surface area contributed by atoms with Gasteiger partial charge in [-0.05, 0) is 31.0 Å². The van der Waals surface area contributed by atoms with Crippen molar-refractivity contribution in [2.24, 2.45) is 0 Å². The molecule has 0 aliphatic carbocycles. The first kappa shape index (κ1) is 16.4. The number of benzene rings is 2. The molecule has 1 atom stereocenters. The minimum atomic E-state index is 0.0320. The fourth-order valence-corrected chi connectivity index (χ4v) is 3.01. The molecule has 0 saturated carbocycles. The van der Waals surface area contributed by atoms with E-state index >= 15 is 0 Å². The van der Waals surface area contributed by atoms with Crippen molar-refractivity contribution in [2.75, 3.05) is 13.2 Å². The molecule has 1 heterocycles. The van der Waals surface area contributed by atoms with E-state index in [1.54, 1.807) is 0 Å². The highest BCUT2D eigenvalue weighted by molar-refractivity contribution is 5.77. The molecule has 2 aromatic carbocycles. The van der Waals surface area contributed by atoms with Crippen LogP contribution in [0.25, 0.3) is 0 Å². The van der Waals surface area contributed by atoms with Gasteiger partial charge < -0.3 is 14.8 Å². The first-order chi connectivity index (χ1) is 11.8. The topological polar surface area (TPSA) is 47.6 Å². The molecule has 2 aromatic rings. The number of nitrogens with one attached hydrogen (secondary N) is 1. The number of rotatable bonds is 6. The number of fused-ring (bicyclic) bond motifs is 1. The van der Waals surface area contributed by atoms with Gasteiger partial charge in [-0.15, -0.1) is 0 Å². The normalized spacial score (nSPS) is 16.0. The van der Waals surface area contributed by atoms with Crippen molar-refractivity contribution in [3.8, 4) is 11.5 Å². The number of para-hydroxylation sites is 2. The van der Waals surface area contributed by atoms with Crippen molar-refractivity contribution in [3.05, 3.63) is 59.7 Å². The number of hydrogen-bond donors (Lipinski definition) is 1. The van der Waals surface area contributed by atoms with Crippen molar-refractivity contribution in [2.45, 2.75) is 32.2 Å². The average Bonchev–Trinajstić information content (AvgIpc) is 2.62. The summed E-state index contributed by atoms with van der Waals surface area (Å²) in [6.45, 7) is 3.23. The number of amides is 1. The summed E-state index contributed by atoms with van der Waals surface area (Å²) in [6, 6.07) is 15.8. The molecule has 1 amide bonds. The van der Waals surface area contributed by atoms with Crippen LogP contribution in [0.2, 0.25) is 0 Å². The van der Waals surface area contributed by atoms with Gasteiger partial charge in [0.15, 0.2) is 0 Å². The van der Waals surface area contributed by atoms with Crippen LogP contribution in [0.15, 0.2) is 48.5 Å². The summed E-state index contributed by atoms with van der Waals surface area (Å²) in [5.74, 6) is 1.79. The zero-order chi connectivity index (χ0) is 16.8. The number of carbonyl (C=O) groups is 1. The first-order valence-electron chi connectivity index (χ1n) is 8.49. The fraction of sp³-hybridized carbons (Fsp3) is 0.350. The molecule has 3 rings (SSSR count). The van der Waals surface area contributed by atoms with Crippen LogP contribution in [0.5, 0.6) is 11.5 Å². The molecule has 1 N–H and O–H groups in total. The molecule has 4 nitrogen and oxygen atoms in total. The molecule has 0 unspecified atom stereocenters. The quantitative estimate of drug-likeness (QED) is 0.882. The lowest BCUT2D eigenvalue weighted by Gasteiger charge is -2.26. The lowest BCUT2D eigenvalue weighted by molar-refractivity contribution is -0.122. The van der Waals surface area contributed by atoms with E-state index in [4.69, 9.17) is 9.47 Å². The highest BCUT2D eigenvalue weighted by Crippen LogP contribution is 2.31. The molecule has 0 aromatic heterocycles. The minimum Gasteiger partial charge on any atom is -0.494 e. The Kier molecular flexibility index (Phi) is 5.36. The summed E-state index contributed by atoms with van der Waals surface area (Å²) in [7, 11) is 0. The van der Waals surface area contributed by atoms with E-state index < -0.39 is 0 Å². The van der Waals surface area contributed by atoms with Gasteiger partial charge >= 0.3 is 0 Å². The largest absolute Gasteiger partial charge is 0.494 e. The van der Waals surface area contributed by atoms with E-state index in [-0.39, 0.29) is 11.9 Å². The number of ether oxygens (including phenoxy) is 2. The molecule has 126 valence electrons. The molecule has 0 saturated heterocycles. The Morgan fingerprint density at radius 1 is 1.21 bits per heavy atom. The van der Waals surface area contributed by atoms with Gasteiger partial charge in [0.2, 0.25) is 5.91 Å². The Balaban J connectivity index is 1.59. The van der Waals surface area contributed by atoms with Crippen molar-refractivity contribution in [3.63, 3.8) is 0 Å². The molecule has 0 spiro atoms. The van der Waals surface area contributed by atoms with E-state index in [2.05, 4.69) is 5.32 Å². The standard InChI is InChI=1S/C20H23NO3/c1-2-23-18-9-5-3-7-15(18)11-12-20(22)21-17-13-14-24-19-10-6-4-8-16(17)19/h3-10,17H,2,11-14H2,1H3,(H,21,22)/t17-/m1/s1. The van der Waals surface area contributed by atoms with Gasteiger partial charge in [0.05, 0.1) is 19.3 Å². The molecular formula is C20H23NO3. The van der Waals surface area contributed by atoms with Crippen molar-refractivity contribution >= 4 is 5.91 Å². The van der Waals surface area contributed by atoms with Crippen LogP contribution in [-0.2, 0) is 11.2 Å². The van der Waals surface area contributed by atoms with Crippen molar-refractivity contribution < 1.29 is 14.3 Å².